The van der Waals surface area contributed by atoms with Gasteiger partial charge in [-0.1, -0.05) is 30.4 Å². The second-order valence-electron chi connectivity index (χ2n) is 6.32. The summed E-state index contributed by atoms with van der Waals surface area (Å²) in [5.74, 6) is -2.10. The average Bonchev–Trinajstić information content (AvgIpc) is 2.83. The number of rotatable bonds is 2. The standard InChI is InChI=1S/C17H16N2O3/c18-16(22)17-8-6-10(7-9-17)12-13(17)15(21)19(14(12)20)11-4-2-1-3-5-11/h1-6,8,10,12-13H,7,9H2,(H2,18,22)/t10-,12-,13+,17-/m1/s1. The largest absolute Gasteiger partial charge is 0.369 e. The number of imide groups is 1. The van der Waals surface area contributed by atoms with Crippen LogP contribution in [0.2, 0.25) is 0 Å². The first kappa shape index (κ1) is 13.2. The summed E-state index contributed by atoms with van der Waals surface area (Å²) < 4.78 is 0. The van der Waals surface area contributed by atoms with Gasteiger partial charge < -0.3 is 5.73 Å². The van der Waals surface area contributed by atoms with Gasteiger partial charge in [0, 0.05) is 0 Å². The Morgan fingerprint density at radius 1 is 1.18 bits per heavy atom. The van der Waals surface area contributed by atoms with Crippen LogP contribution in [0.4, 0.5) is 5.69 Å². The third-order valence-corrected chi connectivity index (χ3v) is 5.37. The van der Waals surface area contributed by atoms with Crippen LogP contribution in [0.25, 0.3) is 0 Å². The molecule has 1 heterocycles. The van der Waals surface area contributed by atoms with Crippen LogP contribution in [0, 0.1) is 23.2 Å². The number of fused-ring (bicyclic) bond motifs is 1. The van der Waals surface area contributed by atoms with Crippen LogP contribution in [-0.4, -0.2) is 17.7 Å². The predicted octanol–water partition coefficient (Wildman–Crippen LogP) is 1.24. The lowest BCUT2D eigenvalue weighted by Gasteiger charge is -2.45. The van der Waals surface area contributed by atoms with Crippen LogP contribution in [0.5, 0.6) is 0 Å². The number of primary amides is 1. The van der Waals surface area contributed by atoms with E-state index in [1.54, 1.807) is 30.3 Å². The zero-order chi connectivity index (χ0) is 15.5. The molecule has 4 atom stereocenters. The molecule has 0 unspecified atom stereocenters. The van der Waals surface area contributed by atoms with E-state index >= 15 is 0 Å². The van der Waals surface area contributed by atoms with Crippen molar-refractivity contribution in [1.82, 2.24) is 0 Å². The fourth-order valence-corrected chi connectivity index (χ4v) is 4.29. The lowest BCUT2D eigenvalue weighted by molar-refractivity contribution is -0.141. The summed E-state index contributed by atoms with van der Waals surface area (Å²) in [5.41, 5.74) is 5.17. The highest BCUT2D eigenvalue weighted by molar-refractivity contribution is 6.23. The van der Waals surface area contributed by atoms with Gasteiger partial charge in [-0.05, 0) is 30.9 Å². The zero-order valence-electron chi connectivity index (χ0n) is 11.9. The summed E-state index contributed by atoms with van der Waals surface area (Å²) in [6.07, 6.45) is 4.94. The van der Waals surface area contributed by atoms with E-state index in [1.165, 1.54) is 4.90 Å². The van der Waals surface area contributed by atoms with Crippen molar-refractivity contribution in [3.63, 3.8) is 0 Å². The normalized spacial score (nSPS) is 35.8. The molecule has 1 saturated carbocycles. The quantitative estimate of drug-likeness (QED) is 0.658. The van der Waals surface area contributed by atoms with Gasteiger partial charge in [0.15, 0.2) is 0 Å². The number of amides is 3. The van der Waals surface area contributed by atoms with Crippen LogP contribution in [0.1, 0.15) is 12.8 Å². The van der Waals surface area contributed by atoms with Gasteiger partial charge in [0.25, 0.3) is 0 Å². The Morgan fingerprint density at radius 3 is 2.50 bits per heavy atom. The van der Waals surface area contributed by atoms with Crippen molar-refractivity contribution in [2.75, 3.05) is 4.90 Å². The Bertz CT molecular complexity index is 712. The third-order valence-electron chi connectivity index (χ3n) is 5.37. The maximum absolute atomic E-state index is 12.9. The highest BCUT2D eigenvalue weighted by Gasteiger charge is 2.65. The van der Waals surface area contributed by atoms with E-state index in [4.69, 9.17) is 5.73 Å². The Morgan fingerprint density at radius 2 is 1.91 bits per heavy atom. The number of nitrogens with two attached hydrogens (primary N) is 1. The summed E-state index contributed by atoms with van der Waals surface area (Å²) in [5, 5.41) is 0. The second-order valence-corrected chi connectivity index (χ2v) is 6.32. The van der Waals surface area contributed by atoms with Crippen LogP contribution in [-0.2, 0) is 14.4 Å². The molecule has 0 aromatic heterocycles. The van der Waals surface area contributed by atoms with E-state index in [-0.39, 0.29) is 17.7 Å². The molecule has 22 heavy (non-hydrogen) atoms. The monoisotopic (exact) mass is 296 g/mol. The van der Waals surface area contributed by atoms with Crippen LogP contribution in [0.15, 0.2) is 42.5 Å². The molecule has 5 heteroatoms. The Labute approximate surface area is 127 Å². The number of anilines is 1. The van der Waals surface area contributed by atoms with E-state index in [0.717, 1.165) is 6.42 Å². The molecule has 5 nitrogen and oxygen atoms in total. The Hall–Kier alpha value is -2.43. The van der Waals surface area contributed by atoms with Gasteiger partial charge in [-0.15, -0.1) is 0 Å². The number of carbonyl (C=O) groups excluding carboxylic acids is 3. The minimum absolute atomic E-state index is 0.0244. The van der Waals surface area contributed by atoms with Crippen molar-refractivity contribution in [2.24, 2.45) is 28.9 Å². The molecule has 1 aromatic rings. The Kier molecular flexibility index (Phi) is 2.58. The van der Waals surface area contributed by atoms with Crippen molar-refractivity contribution in [2.45, 2.75) is 12.8 Å². The van der Waals surface area contributed by atoms with Crippen molar-refractivity contribution in [3.8, 4) is 0 Å². The minimum Gasteiger partial charge on any atom is -0.369 e. The highest BCUT2D eigenvalue weighted by atomic mass is 16.2. The molecule has 1 aromatic carbocycles. The fraction of sp³-hybridized carbons (Fsp3) is 0.353. The van der Waals surface area contributed by atoms with Gasteiger partial charge >= 0.3 is 0 Å². The number of benzene rings is 1. The van der Waals surface area contributed by atoms with E-state index < -0.39 is 23.2 Å². The van der Waals surface area contributed by atoms with Crippen LogP contribution >= 0.6 is 0 Å². The van der Waals surface area contributed by atoms with E-state index in [9.17, 15) is 14.4 Å². The predicted molar refractivity (Wildman–Crippen MR) is 79.4 cm³/mol. The molecule has 0 spiro atoms. The lowest BCUT2D eigenvalue weighted by atomic mass is 9.54. The number of carbonyl (C=O) groups is 3. The molecular formula is C17H16N2O3. The van der Waals surface area contributed by atoms with Crippen molar-refractivity contribution in [1.29, 1.82) is 0 Å². The maximum atomic E-state index is 12.9. The van der Waals surface area contributed by atoms with Crippen molar-refractivity contribution >= 4 is 23.4 Å². The molecule has 2 N–H and O–H groups in total. The van der Waals surface area contributed by atoms with Crippen molar-refractivity contribution in [3.05, 3.63) is 42.5 Å². The first-order chi connectivity index (χ1) is 10.6. The van der Waals surface area contributed by atoms with Crippen molar-refractivity contribution < 1.29 is 14.4 Å². The van der Waals surface area contributed by atoms with Gasteiger partial charge in [-0.2, -0.15) is 0 Å². The molecular weight excluding hydrogens is 280 g/mol. The molecule has 3 amide bonds. The van der Waals surface area contributed by atoms with Crippen LogP contribution < -0.4 is 10.6 Å². The molecule has 1 saturated heterocycles. The number of hydrogen-bond donors (Lipinski definition) is 1. The first-order valence-corrected chi connectivity index (χ1v) is 7.48. The number of allylic oxidation sites excluding steroid dienone is 1. The van der Waals surface area contributed by atoms with E-state index in [0.29, 0.717) is 12.1 Å². The van der Waals surface area contributed by atoms with Crippen LogP contribution in [0.3, 0.4) is 0 Å². The third kappa shape index (κ3) is 1.46. The number of para-hydroxylation sites is 1. The topological polar surface area (TPSA) is 80.5 Å². The molecule has 112 valence electrons. The van der Waals surface area contributed by atoms with Gasteiger partial charge in [-0.3, -0.25) is 14.4 Å². The highest BCUT2D eigenvalue weighted by Crippen LogP contribution is 2.56. The lowest BCUT2D eigenvalue weighted by Crippen LogP contribution is -2.53. The maximum Gasteiger partial charge on any atom is 0.239 e. The molecule has 2 fully saturated rings. The van der Waals surface area contributed by atoms with Gasteiger partial charge in [0.2, 0.25) is 17.7 Å². The molecule has 0 radical (unpaired) electrons. The smallest absolute Gasteiger partial charge is 0.239 e. The SMILES string of the molecule is NC(=O)[C@]12C=C[C@H](CC1)[C@H]1C(=O)N(c3ccccc3)C(=O)[C@H]12. The summed E-state index contributed by atoms with van der Waals surface area (Å²) in [6.45, 7) is 0. The summed E-state index contributed by atoms with van der Waals surface area (Å²) in [6, 6.07) is 8.87. The number of hydrogen-bond acceptors (Lipinski definition) is 3. The van der Waals surface area contributed by atoms with Gasteiger partial charge in [-0.25, -0.2) is 4.90 Å². The summed E-state index contributed by atoms with van der Waals surface area (Å²) in [7, 11) is 0. The fourth-order valence-electron chi connectivity index (χ4n) is 4.29. The second kappa shape index (κ2) is 4.29. The zero-order valence-corrected chi connectivity index (χ0v) is 11.9. The van der Waals surface area contributed by atoms with E-state index in [1.807, 2.05) is 12.1 Å². The summed E-state index contributed by atoms with van der Waals surface area (Å²) in [4.78, 5) is 39.0. The molecule has 1 aliphatic heterocycles. The number of nitrogens with zero attached hydrogens (tertiary/aromatic N) is 1. The van der Waals surface area contributed by atoms with Gasteiger partial charge in [0.1, 0.15) is 0 Å². The molecule has 3 aliphatic carbocycles. The average molecular weight is 296 g/mol. The molecule has 2 bridgehead atoms. The first-order valence-electron chi connectivity index (χ1n) is 7.48. The Balaban J connectivity index is 1.84. The van der Waals surface area contributed by atoms with Gasteiger partial charge in [0.05, 0.1) is 22.9 Å². The minimum atomic E-state index is -1.00. The molecule has 4 aliphatic rings. The molecule has 5 rings (SSSR count). The van der Waals surface area contributed by atoms with E-state index in [2.05, 4.69) is 0 Å². The summed E-state index contributed by atoms with van der Waals surface area (Å²) >= 11 is 0.